The number of carbonyl (C=O) groups is 1. The quantitative estimate of drug-likeness (QED) is 0.389. The van der Waals surface area contributed by atoms with Crippen molar-refractivity contribution in [3.63, 3.8) is 0 Å². The van der Waals surface area contributed by atoms with Gasteiger partial charge in [0.2, 0.25) is 10.0 Å². The van der Waals surface area contributed by atoms with Gasteiger partial charge in [0.25, 0.3) is 5.91 Å². The average Bonchev–Trinajstić information content (AvgIpc) is 2.65. The molecular weight excluding hydrogens is 407 g/mol. The Morgan fingerprint density at radius 1 is 1.34 bits per heavy atom. The van der Waals surface area contributed by atoms with Crippen molar-refractivity contribution in [3.8, 4) is 5.75 Å². The van der Waals surface area contributed by atoms with Crippen LogP contribution in [0, 0.1) is 15.9 Å². The summed E-state index contributed by atoms with van der Waals surface area (Å²) in [6.45, 7) is -0.637. The molecule has 2 aromatic carbocycles. The van der Waals surface area contributed by atoms with Crippen molar-refractivity contribution in [1.29, 1.82) is 0 Å². The van der Waals surface area contributed by atoms with Crippen molar-refractivity contribution in [2.45, 2.75) is 0 Å². The number of hydrogen-bond acceptors (Lipinski definition) is 7. The number of nitro groups is 1. The summed E-state index contributed by atoms with van der Waals surface area (Å²) in [4.78, 5) is 22.5. The van der Waals surface area contributed by atoms with Crippen LogP contribution >= 0.6 is 0 Å². The molecular formula is C17H17FN4O6S. The van der Waals surface area contributed by atoms with E-state index in [1.165, 1.54) is 37.4 Å². The van der Waals surface area contributed by atoms with Crippen LogP contribution in [-0.4, -0.2) is 45.4 Å². The van der Waals surface area contributed by atoms with Crippen LogP contribution in [0.5, 0.6) is 5.75 Å². The Balaban J connectivity index is 2.11. The van der Waals surface area contributed by atoms with Gasteiger partial charge in [-0.15, -0.1) is 0 Å². The summed E-state index contributed by atoms with van der Waals surface area (Å²) in [5.41, 5.74) is 2.14. The molecule has 0 fully saturated rings. The van der Waals surface area contributed by atoms with E-state index in [0.717, 1.165) is 28.9 Å². The molecule has 12 heteroatoms. The van der Waals surface area contributed by atoms with Gasteiger partial charge in [-0.1, -0.05) is 6.07 Å². The Bertz CT molecular complexity index is 1060. The minimum absolute atomic E-state index is 0.0163. The molecule has 29 heavy (non-hydrogen) atoms. The predicted molar refractivity (Wildman–Crippen MR) is 104 cm³/mol. The van der Waals surface area contributed by atoms with E-state index in [-0.39, 0.29) is 17.1 Å². The van der Waals surface area contributed by atoms with Gasteiger partial charge in [-0.3, -0.25) is 19.2 Å². The van der Waals surface area contributed by atoms with Gasteiger partial charge in [0.05, 0.1) is 30.2 Å². The zero-order valence-corrected chi connectivity index (χ0v) is 16.2. The number of halogens is 1. The third-order valence-corrected chi connectivity index (χ3v) is 4.73. The highest BCUT2D eigenvalue weighted by atomic mass is 32.2. The number of amides is 1. The Morgan fingerprint density at radius 2 is 2.07 bits per heavy atom. The molecule has 0 saturated heterocycles. The van der Waals surface area contributed by atoms with E-state index < -0.39 is 33.2 Å². The summed E-state index contributed by atoms with van der Waals surface area (Å²) in [7, 11) is -2.57. The number of ether oxygens (including phenoxy) is 1. The SMILES string of the molecule is COc1ccc(/C=N\NC(=O)CN(c2cccc(F)c2)S(C)(=O)=O)cc1[N+](=O)[O-]. The molecule has 0 aliphatic rings. The smallest absolute Gasteiger partial charge is 0.311 e. The molecule has 1 N–H and O–H groups in total. The van der Waals surface area contributed by atoms with Gasteiger partial charge < -0.3 is 4.74 Å². The lowest BCUT2D eigenvalue weighted by molar-refractivity contribution is -0.385. The van der Waals surface area contributed by atoms with E-state index in [9.17, 15) is 27.7 Å². The largest absolute Gasteiger partial charge is 0.490 e. The lowest BCUT2D eigenvalue weighted by atomic mass is 10.2. The number of hydrogen-bond donors (Lipinski definition) is 1. The molecule has 0 atom stereocenters. The number of carbonyl (C=O) groups excluding carboxylic acids is 1. The first-order chi connectivity index (χ1) is 13.6. The Hall–Kier alpha value is -3.54. The van der Waals surface area contributed by atoms with Gasteiger partial charge >= 0.3 is 5.69 Å². The lowest BCUT2D eigenvalue weighted by Gasteiger charge is -2.21. The maximum atomic E-state index is 13.4. The number of sulfonamides is 1. The van der Waals surface area contributed by atoms with Crippen LogP contribution in [0.4, 0.5) is 15.8 Å². The molecule has 154 valence electrons. The minimum atomic E-state index is -3.86. The molecule has 1 amide bonds. The molecule has 0 saturated carbocycles. The van der Waals surface area contributed by atoms with Gasteiger partial charge in [-0.2, -0.15) is 5.10 Å². The number of benzene rings is 2. The van der Waals surface area contributed by atoms with E-state index >= 15 is 0 Å². The van der Waals surface area contributed by atoms with Crippen molar-refractivity contribution in [1.82, 2.24) is 5.43 Å². The Labute approximate surface area is 165 Å². The molecule has 10 nitrogen and oxygen atoms in total. The van der Waals surface area contributed by atoms with Gasteiger partial charge in [-0.05, 0) is 30.3 Å². The van der Waals surface area contributed by atoms with Crippen molar-refractivity contribution in [2.24, 2.45) is 5.10 Å². The first-order valence-electron chi connectivity index (χ1n) is 7.99. The van der Waals surface area contributed by atoms with Crippen LogP contribution in [0.1, 0.15) is 5.56 Å². The van der Waals surface area contributed by atoms with Gasteiger partial charge in [0.1, 0.15) is 12.4 Å². The van der Waals surface area contributed by atoms with Crippen LogP contribution in [0.15, 0.2) is 47.6 Å². The topological polar surface area (TPSA) is 131 Å². The van der Waals surface area contributed by atoms with Crippen LogP contribution in [0.2, 0.25) is 0 Å². The number of nitrogens with zero attached hydrogens (tertiary/aromatic N) is 3. The number of methoxy groups -OCH3 is 1. The molecule has 2 rings (SSSR count). The van der Waals surface area contributed by atoms with E-state index in [1.807, 2.05) is 0 Å². The maximum absolute atomic E-state index is 13.4. The van der Waals surface area contributed by atoms with Crippen molar-refractivity contribution in [2.75, 3.05) is 24.2 Å². The zero-order chi connectivity index (χ0) is 21.6. The summed E-state index contributed by atoms with van der Waals surface area (Å²) in [5.74, 6) is -1.38. The summed E-state index contributed by atoms with van der Waals surface area (Å²) in [6, 6.07) is 8.83. The minimum Gasteiger partial charge on any atom is -0.490 e. The van der Waals surface area contributed by atoms with Gasteiger partial charge in [0.15, 0.2) is 5.75 Å². The van der Waals surface area contributed by atoms with Crippen LogP contribution in [-0.2, 0) is 14.8 Å². The van der Waals surface area contributed by atoms with Crippen LogP contribution < -0.4 is 14.5 Å². The van der Waals surface area contributed by atoms with Gasteiger partial charge in [0, 0.05) is 11.6 Å². The Kier molecular flexibility index (Phi) is 6.83. The highest BCUT2D eigenvalue weighted by Gasteiger charge is 2.21. The summed E-state index contributed by atoms with van der Waals surface area (Å²) in [6.07, 6.45) is 2.03. The molecule has 0 heterocycles. The standard InChI is InChI=1S/C17H17FN4O6S/c1-28-16-7-6-12(8-15(16)22(24)25)10-19-20-17(23)11-21(29(2,26)27)14-5-3-4-13(18)9-14/h3-10H,11H2,1-2H3,(H,20,23)/b19-10-. The molecule has 0 spiro atoms. The molecule has 0 aromatic heterocycles. The highest BCUT2D eigenvalue weighted by Crippen LogP contribution is 2.26. The second-order valence-corrected chi connectivity index (χ2v) is 7.64. The van der Waals surface area contributed by atoms with E-state index in [0.29, 0.717) is 5.56 Å². The molecule has 0 unspecified atom stereocenters. The second kappa shape index (κ2) is 9.10. The van der Waals surface area contributed by atoms with Gasteiger partial charge in [-0.25, -0.2) is 18.2 Å². The first kappa shape index (κ1) is 21.8. The van der Waals surface area contributed by atoms with Crippen LogP contribution in [0.3, 0.4) is 0 Å². The number of hydrazone groups is 1. The fourth-order valence-electron chi connectivity index (χ4n) is 2.31. The third-order valence-electron chi connectivity index (χ3n) is 3.59. The average molecular weight is 424 g/mol. The summed E-state index contributed by atoms with van der Waals surface area (Å²) in [5, 5.41) is 14.7. The van der Waals surface area contributed by atoms with E-state index in [2.05, 4.69) is 10.5 Å². The van der Waals surface area contributed by atoms with Crippen molar-refractivity contribution in [3.05, 3.63) is 64.0 Å². The third kappa shape index (κ3) is 5.97. The van der Waals surface area contributed by atoms with Crippen LogP contribution in [0.25, 0.3) is 0 Å². The van der Waals surface area contributed by atoms with Crippen molar-refractivity contribution < 1.29 is 27.3 Å². The summed E-state index contributed by atoms with van der Waals surface area (Å²) >= 11 is 0. The molecule has 0 bridgehead atoms. The highest BCUT2D eigenvalue weighted by molar-refractivity contribution is 7.92. The maximum Gasteiger partial charge on any atom is 0.311 e. The number of nitro benzene ring substituents is 1. The van der Waals surface area contributed by atoms with Crippen molar-refractivity contribution >= 4 is 33.5 Å². The number of nitrogens with one attached hydrogen (secondary N) is 1. The molecule has 0 aliphatic carbocycles. The number of anilines is 1. The van der Waals surface area contributed by atoms with E-state index in [4.69, 9.17) is 4.74 Å². The normalized spacial score (nSPS) is 11.3. The molecule has 0 aliphatic heterocycles. The fourth-order valence-corrected chi connectivity index (χ4v) is 3.15. The summed E-state index contributed by atoms with van der Waals surface area (Å²) < 4.78 is 42.9. The monoisotopic (exact) mass is 424 g/mol. The zero-order valence-electron chi connectivity index (χ0n) is 15.4. The Morgan fingerprint density at radius 3 is 2.66 bits per heavy atom. The fraction of sp³-hybridized carbons (Fsp3) is 0.176. The first-order valence-corrected chi connectivity index (χ1v) is 9.84. The second-order valence-electron chi connectivity index (χ2n) is 5.73. The lowest BCUT2D eigenvalue weighted by Crippen LogP contribution is -2.39. The van der Waals surface area contributed by atoms with E-state index in [1.54, 1.807) is 0 Å². The predicted octanol–water partition coefficient (Wildman–Crippen LogP) is 1.66. The number of rotatable bonds is 8. The molecule has 0 radical (unpaired) electrons. The molecule has 2 aromatic rings.